The fourth-order valence-corrected chi connectivity index (χ4v) is 2.78. The Morgan fingerprint density at radius 1 is 1.14 bits per heavy atom. The van der Waals surface area contributed by atoms with Crippen LogP contribution >= 0.6 is 0 Å². The Kier molecular flexibility index (Phi) is 9.36. The Hall–Kier alpha value is -2.68. The summed E-state index contributed by atoms with van der Waals surface area (Å²) in [5.41, 5.74) is 1.31. The van der Waals surface area contributed by atoms with Crippen LogP contribution in [0.4, 0.5) is 0 Å². The third kappa shape index (κ3) is 7.34. The zero-order chi connectivity index (χ0) is 21.1. The first kappa shape index (κ1) is 22.6. The number of carbonyl (C=O) groups is 2. The molecule has 0 spiro atoms. The van der Waals surface area contributed by atoms with Gasteiger partial charge in [0.2, 0.25) is 0 Å². The maximum Gasteiger partial charge on any atom is 0.308 e. The molecule has 0 aliphatic carbocycles. The van der Waals surface area contributed by atoms with E-state index < -0.39 is 17.9 Å². The number of carboxylic acid groups (broad SMARTS) is 1. The van der Waals surface area contributed by atoms with Gasteiger partial charge in [0.1, 0.15) is 12.6 Å². The largest absolute Gasteiger partial charge is 0.481 e. The van der Waals surface area contributed by atoms with E-state index in [1.54, 1.807) is 36.6 Å². The summed E-state index contributed by atoms with van der Waals surface area (Å²) in [6.45, 7) is 2.59. The summed E-state index contributed by atoms with van der Waals surface area (Å²) in [6, 6.07) is 10.1. The van der Waals surface area contributed by atoms with Crippen molar-refractivity contribution in [3.05, 3.63) is 48.2 Å². The minimum atomic E-state index is -0.987. The highest BCUT2D eigenvalue weighted by atomic mass is 16.7. The van der Waals surface area contributed by atoms with E-state index in [-0.39, 0.29) is 32.3 Å². The van der Waals surface area contributed by atoms with Gasteiger partial charge in [-0.05, 0) is 37.6 Å². The Morgan fingerprint density at radius 3 is 2.48 bits per heavy atom. The summed E-state index contributed by atoms with van der Waals surface area (Å²) in [4.78, 5) is 24.1. The second kappa shape index (κ2) is 12.0. The van der Waals surface area contributed by atoms with E-state index in [0.717, 1.165) is 5.56 Å². The number of carbonyl (C=O) groups excluding carboxylic acids is 1. The SMILES string of the molecule is CCOCOC[C@H](C[C@H](COC)C(=O)O)NC(=O)c1ccc(-c2ccco2)cc1. The number of hydrogen-bond acceptors (Lipinski definition) is 6. The molecule has 158 valence electrons. The number of rotatable bonds is 13. The zero-order valence-corrected chi connectivity index (χ0v) is 16.6. The van der Waals surface area contributed by atoms with Crippen molar-refractivity contribution in [1.82, 2.24) is 5.32 Å². The molecule has 8 heteroatoms. The van der Waals surface area contributed by atoms with E-state index in [2.05, 4.69) is 5.32 Å². The number of benzene rings is 1. The molecule has 2 rings (SSSR count). The van der Waals surface area contributed by atoms with E-state index in [9.17, 15) is 14.7 Å². The highest BCUT2D eigenvalue weighted by molar-refractivity contribution is 5.94. The molecule has 1 aromatic heterocycles. The van der Waals surface area contributed by atoms with Gasteiger partial charge in [0.15, 0.2) is 0 Å². The molecular weight excluding hydrogens is 378 g/mol. The summed E-state index contributed by atoms with van der Waals surface area (Å²) < 4.78 is 20.9. The minimum absolute atomic E-state index is 0.0466. The highest BCUT2D eigenvalue weighted by Gasteiger charge is 2.24. The molecule has 2 atom stereocenters. The van der Waals surface area contributed by atoms with Gasteiger partial charge >= 0.3 is 5.97 Å². The average Bonchev–Trinajstić information content (AvgIpc) is 3.25. The van der Waals surface area contributed by atoms with E-state index in [4.69, 9.17) is 18.6 Å². The van der Waals surface area contributed by atoms with Gasteiger partial charge < -0.3 is 29.1 Å². The summed E-state index contributed by atoms with van der Waals surface area (Å²) in [5.74, 6) is -1.35. The Labute approximate surface area is 169 Å². The Morgan fingerprint density at radius 2 is 1.90 bits per heavy atom. The van der Waals surface area contributed by atoms with Crippen LogP contribution in [0.15, 0.2) is 47.1 Å². The Bertz CT molecular complexity index is 743. The number of hydrogen-bond donors (Lipinski definition) is 2. The summed E-state index contributed by atoms with van der Waals surface area (Å²) in [6.07, 6.45) is 1.76. The first-order chi connectivity index (χ1) is 14.0. The number of aliphatic carboxylic acids is 1. The van der Waals surface area contributed by atoms with Crippen LogP contribution in [-0.2, 0) is 19.0 Å². The summed E-state index contributed by atoms with van der Waals surface area (Å²) in [7, 11) is 1.44. The predicted molar refractivity (Wildman–Crippen MR) is 105 cm³/mol. The first-order valence-corrected chi connectivity index (χ1v) is 9.37. The van der Waals surface area contributed by atoms with Gasteiger partial charge in [0, 0.05) is 24.8 Å². The second-order valence-corrected chi connectivity index (χ2v) is 6.43. The van der Waals surface area contributed by atoms with Crippen LogP contribution in [-0.4, -0.2) is 56.7 Å². The van der Waals surface area contributed by atoms with Gasteiger partial charge in [-0.1, -0.05) is 12.1 Å². The molecule has 0 fully saturated rings. The fourth-order valence-electron chi connectivity index (χ4n) is 2.78. The third-order valence-corrected chi connectivity index (χ3v) is 4.26. The van der Waals surface area contributed by atoms with Crippen molar-refractivity contribution >= 4 is 11.9 Å². The highest BCUT2D eigenvalue weighted by Crippen LogP contribution is 2.20. The van der Waals surface area contributed by atoms with Crippen LogP contribution in [0.2, 0.25) is 0 Å². The quantitative estimate of drug-likeness (QED) is 0.390. The van der Waals surface area contributed by atoms with Crippen LogP contribution in [0, 0.1) is 5.92 Å². The summed E-state index contributed by atoms with van der Waals surface area (Å²) in [5, 5.41) is 12.2. The van der Waals surface area contributed by atoms with Gasteiger partial charge in [-0.15, -0.1) is 0 Å². The number of nitrogens with one attached hydrogen (secondary N) is 1. The second-order valence-electron chi connectivity index (χ2n) is 6.43. The average molecular weight is 405 g/mol. The molecule has 0 saturated carbocycles. The standard InChI is InChI=1S/C21H27NO7/c1-3-27-14-28-13-18(11-17(12-26-2)21(24)25)22-20(23)16-8-6-15(7-9-16)19-5-4-10-29-19/h4-10,17-18H,3,11-14H2,1-2H3,(H,22,23)(H,24,25)/t17-,18+/m1/s1. The van der Waals surface area contributed by atoms with Gasteiger partial charge in [-0.25, -0.2) is 0 Å². The molecule has 0 radical (unpaired) electrons. The van der Waals surface area contributed by atoms with Gasteiger partial charge in [-0.3, -0.25) is 9.59 Å². The van der Waals surface area contributed by atoms with Crippen LogP contribution in [0.1, 0.15) is 23.7 Å². The normalized spacial score (nSPS) is 13.0. The molecule has 29 heavy (non-hydrogen) atoms. The van der Waals surface area contributed by atoms with E-state index in [1.165, 1.54) is 7.11 Å². The van der Waals surface area contributed by atoms with Crippen molar-refractivity contribution in [2.24, 2.45) is 5.92 Å². The molecule has 8 nitrogen and oxygen atoms in total. The van der Waals surface area contributed by atoms with E-state index >= 15 is 0 Å². The molecule has 0 saturated heterocycles. The van der Waals surface area contributed by atoms with Crippen molar-refractivity contribution in [1.29, 1.82) is 0 Å². The number of carboxylic acids is 1. The smallest absolute Gasteiger partial charge is 0.308 e. The van der Waals surface area contributed by atoms with Gasteiger partial charge in [0.05, 0.1) is 31.4 Å². The topological polar surface area (TPSA) is 107 Å². The zero-order valence-electron chi connectivity index (χ0n) is 16.6. The van der Waals surface area contributed by atoms with Crippen molar-refractivity contribution < 1.29 is 33.3 Å². The number of methoxy groups -OCH3 is 1. The van der Waals surface area contributed by atoms with Crippen molar-refractivity contribution in [2.75, 3.05) is 33.7 Å². The van der Waals surface area contributed by atoms with Crippen LogP contribution in [0.25, 0.3) is 11.3 Å². The molecular formula is C21H27NO7. The van der Waals surface area contributed by atoms with Crippen LogP contribution in [0.3, 0.4) is 0 Å². The molecule has 2 N–H and O–H groups in total. The monoisotopic (exact) mass is 405 g/mol. The maximum absolute atomic E-state index is 12.7. The van der Waals surface area contributed by atoms with Crippen molar-refractivity contribution in [3.8, 4) is 11.3 Å². The molecule has 2 aromatic rings. The van der Waals surface area contributed by atoms with Gasteiger partial charge in [0.25, 0.3) is 5.91 Å². The van der Waals surface area contributed by atoms with Crippen molar-refractivity contribution in [3.63, 3.8) is 0 Å². The number of ether oxygens (including phenoxy) is 3. The lowest BCUT2D eigenvalue weighted by Gasteiger charge is -2.22. The third-order valence-electron chi connectivity index (χ3n) is 4.26. The number of furan rings is 1. The molecule has 0 bridgehead atoms. The summed E-state index contributed by atoms with van der Waals surface area (Å²) >= 11 is 0. The molecule has 1 aromatic carbocycles. The molecule has 0 unspecified atom stereocenters. The van der Waals surface area contributed by atoms with Crippen LogP contribution in [0.5, 0.6) is 0 Å². The maximum atomic E-state index is 12.7. The van der Waals surface area contributed by atoms with E-state index in [0.29, 0.717) is 17.9 Å². The lowest BCUT2D eigenvalue weighted by atomic mass is 10.0. The van der Waals surface area contributed by atoms with Gasteiger partial charge in [-0.2, -0.15) is 0 Å². The lowest BCUT2D eigenvalue weighted by Crippen LogP contribution is -2.41. The molecule has 1 heterocycles. The van der Waals surface area contributed by atoms with Crippen molar-refractivity contribution in [2.45, 2.75) is 19.4 Å². The predicted octanol–water partition coefficient (Wildman–Crippen LogP) is 2.79. The fraction of sp³-hybridized carbons (Fsp3) is 0.429. The Balaban J connectivity index is 2.03. The lowest BCUT2D eigenvalue weighted by molar-refractivity contribution is -0.144. The molecule has 1 amide bonds. The first-order valence-electron chi connectivity index (χ1n) is 9.37. The minimum Gasteiger partial charge on any atom is -0.481 e. The van der Waals surface area contributed by atoms with E-state index in [1.807, 2.05) is 13.0 Å². The number of amides is 1. The molecule has 0 aliphatic rings. The molecule has 0 aliphatic heterocycles. The van der Waals surface area contributed by atoms with Crippen LogP contribution < -0.4 is 5.32 Å².